The van der Waals surface area contributed by atoms with E-state index in [2.05, 4.69) is 17.2 Å². The molecule has 112 valence electrons. The highest BCUT2D eigenvalue weighted by atomic mass is 35.5. The Balaban J connectivity index is 1.76. The summed E-state index contributed by atoms with van der Waals surface area (Å²) in [5.74, 6) is 0.566. The van der Waals surface area contributed by atoms with Gasteiger partial charge in [0.15, 0.2) is 0 Å². The lowest BCUT2D eigenvalue weighted by Crippen LogP contribution is -2.24. The molecule has 4 nitrogen and oxygen atoms in total. The van der Waals surface area contributed by atoms with E-state index in [9.17, 15) is 0 Å². The molecule has 0 saturated carbocycles. The van der Waals surface area contributed by atoms with Gasteiger partial charge < -0.3 is 15.2 Å². The Hall–Kier alpha value is -1.62. The Labute approximate surface area is 129 Å². The third-order valence-corrected chi connectivity index (χ3v) is 3.36. The van der Waals surface area contributed by atoms with Crippen LogP contribution in [0.15, 0.2) is 42.6 Å². The first-order valence-corrected chi connectivity index (χ1v) is 7.24. The molecule has 0 radical (unpaired) electrons. The quantitative estimate of drug-likeness (QED) is 0.772. The van der Waals surface area contributed by atoms with Gasteiger partial charge in [-0.3, -0.25) is 0 Å². The minimum Gasteiger partial charge on any atom is -0.476 e. The fraction of sp³-hybridized carbons (Fsp3) is 0.312. The maximum absolute atomic E-state index is 9.15. The zero-order valence-corrected chi connectivity index (χ0v) is 12.7. The maximum atomic E-state index is 9.15. The monoisotopic (exact) mass is 306 g/mol. The molecule has 0 aliphatic rings. The number of halogens is 1. The Morgan fingerprint density at radius 1 is 1.33 bits per heavy atom. The summed E-state index contributed by atoms with van der Waals surface area (Å²) < 4.78 is 5.52. The van der Waals surface area contributed by atoms with Crippen LogP contribution in [0.25, 0.3) is 0 Å². The second kappa shape index (κ2) is 7.98. The van der Waals surface area contributed by atoms with E-state index in [0.717, 1.165) is 11.1 Å². The van der Waals surface area contributed by atoms with Crippen molar-refractivity contribution in [1.29, 1.82) is 0 Å². The molecule has 1 heterocycles. The Morgan fingerprint density at radius 3 is 2.90 bits per heavy atom. The molecule has 5 heteroatoms. The van der Waals surface area contributed by atoms with Gasteiger partial charge in [-0.25, -0.2) is 4.98 Å². The van der Waals surface area contributed by atoms with Gasteiger partial charge in [-0.15, -0.1) is 0 Å². The van der Waals surface area contributed by atoms with Crippen LogP contribution in [0.4, 0.5) is 0 Å². The second-order valence-corrected chi connectivity index (χ2v) is 5.18. The van der Waals surface area contributed by atoms with Gasteiger partial charge in [0.1, 0.15) is 6.61 Å². The fourth-order valence-electron chi connectivity index (χ4n) is 1.96. The molecule has 0 bridgehead atoms. The van der Waals surface area contributed by atoms with Crippen molar-refractivity contribution in [3.05, 3.63) is 58.7 Å². The summed E-state index contributed by atoms with van der Waals surface area (Å²) in [6, 6.07) is 11.6. The summed E-state index contributed by atoms with van der Waals surface area (Å²) in [6.45, 7) is 3.37. The molecule has 0 amide bonds. The lowest BCUT2D eigenvalue weighted by atomic mass is 10.1. The van der Waals surface area contributed by atoms with Gasteiger partial charge in [0.25, 0.3) is 0 Å². The van der Waals surface area contributed by atoms with Gasteiger partial charge >= 0.3 is 0 Å². The van der Waals surface area contributed by atoms with Crippen molar-refractivity contribution in [3.8, 4) is 5.88 Å². The standard InChI is InChI=1S/C16H19ClN2O2/c1-12(14-4-2-3-13(9-14)11-20)18-7-8-21-16-6-5-15(17)10-19-16/h2-6,9-10,12,18,20H,7-8,11H2,1H3. The average Bonchev–Trinajstić information content (AvgIpc) is 2.53. The zero-order valence-electron chi connectivity index (χ0n) is 11.9. The molecule has 1 atom stereocenters. The lowest BCUT2D eigenvalue weighted by Gasteiger charge is -2.15. The molecule has 0 aliphatic carbocycles. The molecule has 1 unspecified atom stereocenters. The maximum Gasteiger partial charge on any atom is 0.213 e. The molecule has 1 aromatic carbocycles. The minimum absolute atomic E-state index is 0.0614. The zero-order chi connectivity index (χ0) is 15.1. The molecular formula is C16H19ClN2O2. The topological polar surface area (TPSA) is 54.4 Å². The van der Waals surface area contributed by atoms with Gasteiger partial charge in [-0.1, -0.05) is 35.9 Å². The van der Waals surface area contributed by atoms with Crippen LogP contribution < -0.4 is 10.1 Å². The summed E-state index contributed by atoms with van der Waals surface area (Å²) in [5.41, 5.74) is 2.06. The Kier molecular flexibility index (Phi) is 5.99. The third kappa shape index (κ3) is 5.01. The van der Waals surface area contributed by atoms with Gasteiger partial charge in [0.05, 0.1) is 11.6 Å². The number of hydrogen-bond donors (Lipinski definition) is 2. The largest absolute Gasteiger partial charge is 0.476 e. The number of benzene rings is 1. The van der Waals surface area contributed by atoms with Crippen LogP contribution in [-0.2, 0) is 6.61 Å². The Bertz CT molecular complexity index is 560. The van der Waals surface area contributed by atoms with Crippen molar-refractivity contribution in [2.75, 3.05) is 13.2 Å². The highest BCUT2D eigenvalue weighted by Crippen LogP contribution is 2.14. The summed E-state index contributed by atoms with van der Waals surface area (Å²) in [4.78, 5) is 4.07. The molecule has 0 fully saturated rings. The predicted octanol–water partition coefficient (Wildman–Crippen LogP) is 2.96. The fourth-order valence-corrected chi connectivity index (χ4v) is 2.07. The van der Waals surface area contributed by atoms with Crippen LogP contribution in [0.2, 0.25) is 5.02 Å². The first-order chi connectivity index (χ1) is 10.2. The summed E-state index contributed by atoms with van der Waals surface area (Å²) in [7, 11) is 0. The van der Waals surface area contributed by atoms with Crippen LogP contribution in [0.5, 0.6) is 5.88 Å². The van der Waals surface area contributed by atoms with Gasteiger partial charge in [0.2, 0.25) is 5.88 Å². The van der Waals surface area contributed by atoms with Crippen molar-refractivity contribution in [1.82, 2.24) is 10.3 Å². The normalized spacial score (nSPS) is 12.1. The molecule has 2 N–H and O–H groups in total. The molecular weight excluding hydrogens is 288 g/mol. The SMILES string of the molecule is CC(NCCOc1ccc(Cl)cn1)c1cccc(CO)c1. The van der Waals surface area contributed by atoms with E-state index < -0.39 is 0 Å². The van der Waals surface area contributed by atoms with Crippen molar-refractivity contribution >= 4 is 11.6 Å². The van der Waals surface area contributed by atoms with Crippen LogP contribution >= 0.6 is 11.6 Å². The number of aromatic nitrogens is 1. The van der Waals surface area contributed by atoms with E-state index in [4.69, 9.17) is 21.4 Å². The van der Waals surface area contributed by atoms with Crippen molar-refractivity contribution in [2.24, 2.45) is 0 Å². The van der Waals surface area contributed by atoms with Crippen LogP contribution in [0.3, 0.4) is 0 Å². The van der Waals surface area contributed by atoms with E-state index >= 15 is 0 Å². The molecule has 0 saturated heterocycles. The molecule has 2 rings (SSSR count). The van der Waals surface area contributed by atoms with Gasteiger partial charge in [-0.05, 0) is 24.1 Å². The van der Waals surface area contributed by atoms with Gasteiger partial charge in [-0.2, -0.15) is 0 Å². The Morgan fingerprint density at radius 2 is 2.19 bits per heavy atom. The van der Waals surface area contributed by atoms with Crippen molar-refractivity contribution in [3.63, 3.8) is 0 Å². The predicted molar refractivity (Wildman–Crippen MR) is 83.5 cm³/mol. The molecule has 1 aromatic heterocycles. The first kappa shape index (κ1) is 15.8. The molecule has 0 spiro atoms. The van der Waals surface area contributed by atoms with E-state index in [0.29, 0.717) is 24.1 Å². The van der Waals surface area contributed by atoms with Crippen LogP contribution in [-0.4, -0.2) is 23.2 Å². The number of pyridine rings is 1. The van der Waals surface area contributed by atoms with Crippen LogP contribution in [0, 0.1) is 0 Å². The third-order valence-electron chi connectivity index (χ3n) is 3.14. The lowest BCUT2D eigenvalue weighted by molar-refractivity contribution is 0.281. The second-order valence-electron chi connectivity index (χ2n) is 4.74. The van der Waals surface area contributed by atoms with Crippen molar-refractivity contribution < 1.29 is 9.84 Å². The number of hydrogen-bond acceptors (Lipinski definition) is 4. The number of rotatable bonds is 7. The average molecular weight is 307 g/mol. The number of nitrogens with zero attached hydrogens (tertiary/aromatic N) is 1. The van der Waals surface area contributed by atoms with E-state index in [1.54, 1.807) is 18.3 Å². The molecule has 0 aliphatic heterocycles. The number of aliphatic hydroxyl groups is 1. The smallest absolute Gasteiger partial charge is 0.213 e. The summed E-state index contributed by atoms with van der Waals surface area (Å²) in [5, 5.41) is 13.1. The van der Waals surface area contributed by atoms with E-state index in [1.807, 2.05) is 24.3 Å². The molecule has 2 aromatic rings. The van der Waals surface area contributed by atoms with E-state index in [1.165, 1.54) is 0 Å². The number of aliphatic hydroxyl groups excluding tert-OH is 1. The highest BCUT2D eigenvalue weighted by molar-refractivity contribution is 6.30. The van der Waals surface area contributed by atoms with Crippen molar-refractivity contribution in [2.45, 2.75) is 19.6 Å². The van der Waals surface area contributed by atoms with Gasteiger partial charge in [0, 0.05) is 24.8 Å². The summed E-state index contributed by atoms with van der Waals surface area (Å²) >= 11 is 5.76. The highest BCUT2D eigenvalue weighted by Gasteiger charge is 2.05. The number of ether oxygens (including phenoxy) is 1. The number of nitrogens with one attached hydrogen (secondary N) is 1. The van der Waals surface area contributed by atoms with Crippen LogP contribution in [0.1, 0.15) is 24.1 Å². The molecule has 21 heavy (non-hydrogen) atoms. The first-order valence-electron chi connectivity index (χ1n) is 6.86. The van der Waals surface area contributed by atoms with E-state index in [-0.39, 0.29) is 12.6 Å². The minimum atomic E-state index is 0.0614. The summed E-state index contributed by atoms with van der Waals surface area (Å²) in [6.07, 6.45) is 1.56.